The maximum Gasteiger partial charge on any atom is 0.181 e. The van der Waals surface area contributed by atoms with Crippen molar-refractivity contribution in [3.63, 3.8) is 0 Å². The van der Waals surface area contributed by atoms with E-state index >= 15 is 0 Å². The first-order valence-electron chi connectivity index (χ1n) is 2.71. The fourth-order valence-electron chi connectivity index (χ4n) is 0.420. The fraction of sp³-hybridized carbons (Fsp3) is 1.00. The van der Waals surface area contributed by atoms with Crippen LogP contribution in [-0.2, 0) is 9.47 Å². The highest BCUT2D eigenvalue weighted by molar-refractivity contribution is 4.58. The zero-order chi connectivity index (χ0) is 5.98. The van der Waals surface area contributed by atoms with Crippen LogP contribution < -0.4 is 0 Å². The molecule has 1 N–H and O–H groups in total. The summed E-state index contributed by atoms with van der Waals surface area (Å²) in [7, 11) is 0. The molecule has 0 aromatic heterocycles. The second kappa shape index (κ2) is 2.44. The summed E-state index contributed by atoms with van der Waals surface area (Å²) in [4.78, 5) is 0. The van der Waals surface area contributed by atoms with Crippen molar-refractivity contribution in [1.82, 2.24) is 0 Å². The first-order valence-corrected chi connectivity index (χ1v) is 2.71. The summed E-state index contributed by atoms with van der Waals surface area (Å²) >= 11 is 0. The lowest BCUT2D eigenvalue weighted by molar-refractivity contribution is -0.0273. The summed E-state index contributed by atoms with van der Waals surface area (Å²) in [6.45, 7) is 2.56. The predicted molar refractivity (Wildman–Crippen MR) is 27.4 cm³/mol. The van der Waals surface area contributed by atoms with Gasteiger partial charge in [0.2, 0.25) is 0 Å². The lowest BCUT2D eigenvalue weighted by Crippen LogP contribution is -2.14. The van der Waals surface area contributed by atoms with Crippen LogP contribution >= 0.6 is 0 Å². The van der Waals surface area contributed by atoms with Crippen LogP contribution in [0.1, 0.15) is 6.92 Å². The van der Waals surface area contributed by atoms with Crippen LogP contribution in [0.3, 0.4) is 0 Å². The highest BCUT2D eigenvalue weighted by Crippen LogP contribution is 2.12. The topological polar surface area (TPSA) is 42.0 Å². The molecule has 3 heteroatoms. The van der Waals surface area contributed by atoms with Crippen molar-refractivity contribution in [2.75, 3.05) is 13.2 Å². The zero-order valence-electron chi connectivity index (χ0n) is 4.83. The number of rotatable bonds is 3. The molecule has 48 valence electrons. The van der Waals surface area contributed by atoms with Gasteiger partial charge in [0, 0.05) is 0 Å². The Labute approximate surface area is 48.2 Å². The Morgan fingerprint density at radius 1 is 2.00 bits per heavy atom. The van der Waals surface area contributed by atoms with Gasteiger partial charge in [0.25, 0.3) is 0 Å². The van der Waals surface area contributed by atoms with Gasteiger partial charge in [-0.25, -0.2) is 0 Å². The van der Waals surface area contributed by atoms with Crippen LogP contribution in [0.25, 0.3) is 0 Å². The Balaban J connectivity index is 1.98. The van der Waals surface area contributed by atoms with Crippen LogP contribution in [0.4, 0.5) is 0 Å². The van der Waals surface area contributed by atoms with Gasteiger partial charge in [0.15, 0.2) is 6.29 Å². The van der Waals surface area contributed by atoms with Crippen molar-refractivity contribution in [1.29, 1.82) is 0 Å². The van der Waals surface area contributed by atoms with E-state index in [4.69, 9.17) is 14.6 Å². The first-order chi connectivity index (χ1) is 3.83. The molecule has 0 spiro atoms. The van der Waals surface area contributed by atoms with Crippen molar-refractivity contribution < 1.29 is 14.6 Å². The number of hydrogen-bond donors (Lipinski definition) is 1. The van der Waals surface area contributed by atoms with Crippen molar-refractivity contribution in [2.45, 2.75) is 19.3 Å². The van der Waals surface area contributed by atoms with E-state index in [1.807, 2.05) is 6.92 Å². The first kappa shape index (κ1) is 6.01. The average Bonchev–Trinajstić information content (AvgIpc) is 2.50. The Bertz CT molecular complexity index is 70.1. The van der Waals surface area contributed by atoms with Crippen molar-refractivity contribution >= 4 is 0 Å². The molecule has 3 nitrogen and oxygen atoms in total. The smallest absolute Gasteiger partial charge is 0.181 e. The van der Waals surface area contributed by atoms with E-state index in [1.165, 1.54) is 0 Å². The maximum absolute atomic E-state index is 8.43. The third kappa shape index (κ3) is 1.78. The van der Waals surface area contributed by atoms with Crippen LogP contribution in [0.2, 0.25) is 0 Å². The molecule has 8 heavy (non-hydrogen) atoms. The van der Waals surface area contributed by atoms with Crippen LogP contribution in [0.5, 0.6) is 0 Å². The molecule has 1 fully saturated rings. The molecule has 0 aromatic rings. The Morgan fingerprint density at radius 3 is 3.00 bits per heavy atom. The molecular formula is C5H10O3. The van der Waals surface area contributed by atoms with Crippen LogP contribution in [0.15, 0.2) is 0 Å². The molecule has 0 aromatic carbocycles. The van der Waals surface area contributed by atoms with Gasteiger partial charge in [0.1, 0.15) is 6.61 Å². The summed E-state index contributed by atoms with van der Waals surface area (Å²) in [6.07, 6.45) is -0.111. The molecular weight excluding hydrogens is 108 g/mol. The van der Waals surface area contributed by atoms with E-state index in [0.717, 1.165) is 0 Å². The van der Waals surface area contributed by atoms with Gasteiger partial charge in [-0.2, -0.15) is 0 Å². The maximum atomic E-state index is 8.43. The molecule has 0 radical (unpaired) electrons. The molecule has 1 rings (SSSR count). The molecule has 0 amide bonds. The van der Waals surface area contributed by atoms with Gasteiger partial charge in [0.05, 0.1) is 12.7 Å². The quantitative estimate of drug-likeness (QED) is 0.519. The van der Waals surface area contributed by atoms with E-state index in [1.54, 1.807) is 0 Å². The van der Waals surface area contributed by atoms with Gasteiger partial charge < -0.3 is 14.6 Å². The number of ether oxygens (including phenoxy) is 2. The van der Waals surface area contributed by atoms with E-state index in [0.29, 0.717) is 6.61 Å². The largest absolute Gasteiger partial charge is 0.394 e. The second-order valence-electron chi connectivity index (χ2n) is 1.89. The monoisotopic (exact) mass is 118 g/mol. The standard InChI is InChI=1S/C5H10O3/c1-4(2-6)8-5-3-7-5/h4-6H,2-3H2,1H3/t4-,5?/m0/s1. The van der Waals surface area contributed by atoms with E-state index in [-0.39, 0.29) is 19.0 Å². The third-order valence-corrected chi connectivity index (χ3v) is 0.944. The SMILES string of the molecule is C[C@@H](CO)OC1CO1. The highest BCUT2D eigenvalue weighted by Gasteiger charge is 2.24. The van der Waals surface area contributed by atoms with Gasteiger partial charge in [-0.05, 0) is 6.92 Å². The van der Waals surface area contributed by atoms with Gasteiger partial charge >= 0.3 is 0 Å². The molecule has 1 aliphatic rings. The third-order valence-electron chi connectivity index (χ3n) is 0.944. The van der Waals surface area contributed by atoms with Crippen molar-refractivity contribution in [3.05, 3.63) is 0 Å². The summed E-state index contributed by atoms with van der Waals surface area (Å²) < 4.78 is 9.79. The fourth-order valence-corrected chi connectivity index (χ4v) is 0.420. The molecule has 0 saturated carbocycles. The van der Waals surface area contributed by atoms with Crippen molar-refractivity contribution in [2.24, 2.45) is 0 Å². The molecule has 0 bridgehead atoms. The Hall–Kier alpha value is -0.120. The predicted octanol–water partition coefficient (Wildman–Crippen LogP) is -0.260. The minimum Gasteiger partial charge on any atom is -0.394 e. The van der Waals surface area contributed by atoms with Crippen LogP contribution in [0, 0.1) is 0 Å². The molecule has 0 aliphatic carbocycles. The Morgan fingerprint density at radius 2 is 2.62 bits per heavy atom. The molecule has 1 unspecified atom stereocenters. The molecule has 1 heterocycles. The zero-order valence-corrected chi connectivity index (χ0v) is 4.83. The minimum absolute atomic E-state index is 0.0304. The number of aliphatic hydroxyl groups is 1. The summed E-state index contributed by atoms with van der Waals surface area (Å²) in [5, 5.41) is 8.43. The van der Waals surface area contributed by atoms with E-state index < -0.39 is 0 Å². The van der Waals surface area contributed by atoms with Crippen LogP contribution in [-0.4, -0.2) is 30.7 Å². The van der Waals surface area contributed by atoms with E-state index in [9.17, 15) is 0 Å². The van der Waals surface area contributed by atoms with Gasteiger partial charge in [-0.15, -0.1) is 0 Å². The summed E-state index contributed by atoms with van der Waals surface area (Å²) in [5.41, 5.74) is 0. The average molecular weight is 118 g/mol. The number of aliphatic hydroxyl groups excluding tert-OH is 1. The van der Waals surface area contributed by atoms with Gasteiger partial charge in [-0.1, -0.05) is 0 Å². The summed E-state index contributed by atoms with van der Waals surface area (Å²) in [5.74, 6) is 0. The number of hydrogen-bond acceptors (Lipinski definition) is 3. The minimum atomic E-state index is -0.0810. The lowest BCUT2D eigenvalue weighted by Gasteiger charge is -2.04. The van der Waals surface area contributed by atoms with E-state index in [2.05, 4.69) is 0 Å². The molecule has 2 atom stereocenters. The van der Waals surface area contributed by atoms with Gasteiger partial charge in [-0.3, -0.25) is 0 Å². The Kier molecular flexibility index (Phi) is 1.83. The molecule has 1 aliphatic heterocycles. The lowest BCUT2D eigenvalue weighted by atomic mass is 10.4. The number of epoxide rings is 1. The highest BCUT2D eigenvalue weighted by atomic mass is 16.8. The molecule has 1 saturated heterocycles. The summed E-state index contributed by atoms with van der Waals surface area (Å²) in [6, 6.07) is 0. The normalized spacial score (nSPS) is 30.0. The second-order valence-corrected chi connectivity index (χ2v) is 1.89. The van der Waals surface area contributed by atoms with Crippen molar-refractivity contribution in [3.8, 4) is 0 Å².